The smallest absolute Gasteiger partial charge is 0.255 e. The minimum absolute atomic E-state index is 0.0163. The summed E-state index contributed by atoms with van der Waals surface area (Å²) in [6, 6.07) is 19.7. The van der Waals surface area contributed by atoms with Gasteiger partial charge in [-0.05, 0) is 42.5 Å². The Morgan fingerprint density at radius 1 is 1.00 bits per heavy atom. The fourth-order valence-electron chi connectivity index (χ4n) is 3.77. The maximum atomic E-state index is 12.4. The minimum Gasteiger partial charge on any atom is -0.491 e. The van der Waals surface area contributed by atoms with Gasteiger partial charge in [-0.1, -0.05) is 28.9 Å². The normalized spacial score (nSPS) is 10.9. The van der Waals surface area contributed by atoms with Crippen LogP contribution in [0.2, 0.25) is 4.34 Å². The van der Waals surface area contributed by atoms with Crippen LogP contribution in [0.4, 0.5) is 0 Å². The van der Waals surface area contributed by atoms with Crippen LogP contribution in [0, 0.1) is 0 Å². The van der Waals surface area contributed by atoms with E-state index in [1.807, 2.05) is 30.3 Å². The zero-order chi connectivity index (χ0) is 25.6. The van der Waals surface area contributed by atoms with Crippen molar-refractivity contribution in [3.63, 3.8) is 0 Å². The maximum Gasteiger partial charge on any atom is 0.255 e. The number of thiophene rings is 1. The first kappa shape index (κ1) is 24.6. The molecule has 5 aromatic rings. The fraction of sp³-hybridized carbons (Fsp3) is 0.148. The summed E-state index contributed by atoms with van der Waals surface area (Å²) < 4.78 is 9.91. The Morgan fingerprint density at radius 3 is 2.68 bits per heavy atom. The Bertz CT molecular complexity index is 1580. The van der Waals surface area contributed by atoms with Gasteiger partial charge in [0, 0.05) is 49.5 Å². The summed E-state index contributed by atoms with van der Waals surface area (Å²) in [6.45, 7) is 0.386. The molecule has 186 valence electrons. The highest BCUT2D eigenvalue weighted by Crippen LogP contribution is 2.27. The third-order valence-electron chi connectivity index (χ3n) is 5.63. The average Bonchev–Trinajstić information content (AvgIpc) is 3.57. The van der Waals surface area contributed by atoms with E-state index in [2.05, 4.69) is 15.3 Å². The Balaban J connectivity index is 1.37. The van der Waals surface area contributed by atoms with Crippen molar-refractivity contribution in [2.75, 3.05) is 6.61 Å². The highest BCUT2D eigenvalue weighted by atomic mass is 35.5. The van der Waals surface area contributed by atoms with E-state index in [1.165, 1.54) is 17.4 Å². The molecule has 4 aromatic heterocycles. The van der Waals surface area contributed by atoms with E-state index in [4.69, 9.17) is 16.3 Å². The van der Waals surface area contributed by atoms with E-state index in [-0.39, 0.29) is 11.3 Å². The molecule has 1 aromatic carbocycles. The predicted octanol–water partition coefficient (Wildman–Crippen LogP) is 4.97. The summed E-state index contributed by atoms with van der Waals surface area (Å²) in [5, 5.41) is 8.51. The van der Waals surface area contributed by atoms with Crippen molar-refractivity contribution in [2.45, 2.75) is 19.3 Å². The first-order chi connectivity index (χ1) is 18.1. The van der Waals surface area contributed by atoms with E-state index < -0.39 is 0 Å². The van der Waals surface area contributed by atoms with Gasteiger partial charge >= 0.3 is 0 Å². The van der Waals surface area contributed by atoms with Gasteiger partial charge in [-0.2, -0.15) is 0 Å². The zero-order valence-corrected chi connectivity index (χ0v) is 21.2. The molecule has 0 bridgehead atoms. The Labute approximate surface area is 221 Å². The molecule has 0 aliphatic rings. The van der Waals surface area contributed by atoms with Crippen LogP contribution in [0.25, 0.3) is 11.4 Å². The van der Waals surface area contributed by atoms with Crippen molar-refractivity contribution < 1.29 is 9.53 Å². The first-order valence-corrected chi connectivity index (χ1v) is 12.8. The molecule has 0 radical (unpaired) electrons. The molecule has 0 atom stereocenters. The van der Waals surface area contributed by atoms with Crippen LogP contribution in [0.15, 0.2) is 90.1 Å². The van der Waals surface area contributed by atoms with Gasteiger partial charge in [0.05, 0.1) is 33.4 Å². The molecule has 0 spiro atoms. The zero-order valence-electron chi connectivity index (χ0n) is 19.7. The molecule has 4 heterocycles. The molecule has 0 fully saturated rings. The number of ether oxygens (including phenoxy) is 1. The lowest BCUT2D eigenvalue weighted by molar-refractivity contribution is 0.0986. The molecule has 0 unspecified atom stereocenters. The number of carbonyl (C=O) groups excluding carboxylic acids is 1. The lowest BCUT2D eigenvalue weighted by Crippen LogP contribution is -2.16. The molecule has 0 aliphatic heterocycles. The van der Waals surface area contributed by atoms with Crippen LogP contribution in [-0.4, -0.2) is 36.9 Å². The quantitative estimate of drug-likeness (QED) is 0.236. The van der Waals surface area contributed by atoms with Crippen LogP contribution < -0.4 is 10.3 Å². The number of rotatable bonds is 10. The minimum atomic E-state index is -0.144. The highest BCUT2D eigenvalue weighted by Gasteiger charge is 2.14. The molecule has 0 saturated carbocycles. The molecule has 0 N–H and O–H groups in total. The van der Waals surface area contributed by atoms with Gasteiger partial charge in [0.25, 0.3) is 5.56 Å². The van der Waals surface area contributed by atoms with Crippen molar-refractivity contribution in [3.05, 3.63) is 116 Å². The number of hydrogen-bond acceptors (Lipinski definition) is 7. The van der Waals surface area contributed by atoms with Crippen molar-refractivity contribution in [2.24, 2.45) is 0 Å². The second-order valence-corrected chi connectivity index (χ2v) is 9.88. The summed E-state index contributed by atoms with van der Waals surface area (Å²) in [4.78, 5) is 29.8. The largest absolute Gasteiger partial charge is 0.491 e. The summed E-state index contributed by atoms with van der Waals surface area (Å²) in [5.74, 6) is 0.563. The molecule has 37 heavy (non-hydrogen) atoms. The van der Waals surface area contributed by atoms with E-state index in [0.717, 1.165) is 5.69 Å². The summed E-state index contributed by atoms with van der Waals surface area (Å²) >= 11 is 7.21. The van der Waals surface area contributed by atoms with E-state index in [9.17, 15) is 9.59 Å². The van der Waals surface area contributed by atoms with Gasteiger partial charge < -0.3 is 4.74 Å². The number of benzene rings is 1. The number of carbonyl (C=O) groups is 1. The molecule has 5 rings (SSSR count). The number of halogens is 1. The van der Waals surface area contributed by atoms with E-state index in [1.54, 1.807) is 58.2 Å². The second-order valence-electron chi connectivity index (χ2n) is 8.16. The Kier molecular flexibility index (Phi) is 7.53. The number of hydrogen-bond donors (Lipinski definition) is 0. The number of pyridine rings is 2. The Morgan fingerprint density at radius 2 is 1.89 bits per heavy atom. The average molecular weight is 532 g/mol. The molecule has 0 aliphatic carbocycles. The lowest BCUT2D eigenvalue weighted by Gasteiger charge is -2.14. The van der Waals surface area contributed by atoms with Crippen molar-refractivity contribution in [1.82, 2.24) is 24.5 Å². The highest BCUT2D eigenvalue weighted by molar-refractivity contribution is 7.18. The van der Waals surface area contributed by atoms with Crippen LogP contribution in [0.1, 0.15) is 27.5 Å². The van der Waals surface area contributed by atoms with Gasteiger partial charge in [0.1, 0.15) is 11.4 Å². The standard InChI is InChI=1S/C27H22ClN5O3S/c28-26-12-11-25(37-26)23(34)10-7-20-18-33(31-30-20)22-9-8-21(32-15-4-2-6-27(32)35)17-24(22)36-16-13-19-5-1-3-14-29-19/h1-6,8-9,11-12,14-15,17-18H,7,10,13,16H2. The van der Waals surface area contributed by atoms with Gasteiger partial charge in [-0.3, -0.25) is 19.1 Å². The number of ketones is 1. The van der Waals surface area contributed by atoms with Gasteiger partial charge in [0.15, 0.2) is 5.78 Å². The second kappa shape index (κ2) is 11.3. The van der Waals surface area contributed by atoms with Crippen LogP contribution in [-0.2, 0) is 12.8 Å². The van der Waals surface area contributed by atoms with E-state index in [0.29, 0.717) is 57.9 Å². The van der Waals surface area contributed by atoms with Crippen molar-refractivity contribution >= 4 is 28.7 Å². The van der Waals surface area contributed by atoms with Crippen LogP contribution in [0.3, 0.4) is 0 Å². The van der Waals surface area contributed by atoms with Crippen molar-refractivity contribution in [1.29, 1.82) is 0 Å². The topological polar surface area (TPSA) is 91.9 Å². The molecule has 0 saturated heterocycles. The van der Waals surface area contributed by atoms with Crippen LogP contribution >= 0.6 is 22.9 Å². The first-order valence-electron chi connectivity index (χ1n) is 11.6. The summed E-state index contributed by atoms with van der Waals surface area (Å²) in [5.41, 5.74) is 2.79. The lowest BCUT2D eigenvalue weighted by atomic mass is 10.1. The third kappa shape index (κ3) is 6.02. The SMILES string of the molecule is O=C(CCc1cn(-c2ccc(-n3ccccc3=O)cc2OCCc2ccccn2)nn1)c1ccc(Cl)s1. The fourth-order valence-corrected chi connectivity index (χ4v) is 4.78. The third-order valence-corrected chi connectivity index (χ3v) is 6.90. The molecular formula is C27H22ClN5O3S. The van der Waals surface area contributed by atoms with Crippen LogP contribution in [0.5, 0.6) is 5.75 Å². The number of nitrogens with zero attached hydrogens (tertiary/aromatic N) is 5. The maximum absolute atomic E-state index is 12.4. The number of aryl methyl sites for hydroxylation is 1. The van der Waals surface area contributed by atoms with Crippen molar-refractivity contribution in [3.8, 4) is 17.1 Å². The van der Waals surface area contributed by atoms with Gasteiger partial charge in [-0.25, -0.2) is 4.68 Å². The number of aromatic nitrogens is 5. The molecular weight excluding hydrogens is 510 g/mol. The molecule has 8 nitrogen and oxygen atoms in total. The predicted molar refractivity (Wildman–Crippen MR) is 142 cm³/mol. The van der Waals surface area contributed by atoms with E-state index >= 15 is 0 Å². The summed E-state index contributed by atoms with van der Waals surface area (Å²) in [7, 11) is 0. The van der Waals surface area contributed by atoms with Gasteiger partial charge in [0.2, 0.25) is 0 Å². The van der Waals surface area contributed by atoms with Gasteiger partial charge in [-0.15, -0.1) is 16.4 Å². The Hall–Kier alpha value is -4.08. The monoisotopic (exact) mass is 531 g/mol. The molecule has 10 heteroatoms. The summed E-state index contributed by atoms with van der Waals surface area (Å²) in [6.07, 6.45) is 6.61. The number of Topliss-reactive ketones (excluding diaryl/α,β-unsaturated/α-hetero) is 1. The molecule has 0 amide bonds.